The van der Waals surface area contributed by atoms with Gasteiger partial charge < -0.3 is 10.2 Å². The van der Waals surface area contributed by atoms with Gasteiger partial charge in [-0.05, 0) is 43.7 Å². The number of nitrogens with zero attached hydrogens (tertiary/aromatic N) is 1. The van der Waals surface area contributed by atoms with Crippen LogP contribution in [0, 0.1) is 0 Å². The van der Waals surface area contributed by atoms with Crippen molar-refractivity contribution in [1.82, 2.24) is 4.90 Å². The first-order valence-electron chi connectivity index (χ1n) is 7.15. The van der Waals surface area contributed by atoms with Crippen LogP contribution < -0.4 is 5.32 Å². The number of nitrogens with one attached hydrogen (secondary N) is 1. The van der Waals surface area contributed by atoms with Gasteiger partial charge in [-0.2, -0.15) is 0 Å². The summed E-state index contributed by atoms with van der Waals surface area (Å²) in [6, 6.07) is 8.56. The topological polar surface area (TPSA) is 32.3 Å². The van der Waals surface area contributed by atoms with Crippen LogP contribution in [0.25, 0.3) is 0 Å². The Morgan fingerprint density at radius 2 is 1.84 bits per heavy atom. The second kappa shape index (κ2) is 5.47. The first kappa shape index (κ1) is 12.3. The van der Waals surface area contributed by atoms with E-state index >= 15 is 0 Å². The van der Waals surface area contributed by atoms with Gasteiger partial charge in [0.2, 0.25) is 0 Å². The maximum absolute atomic E-state index is 12.4. The molecule has 0 aromatic heterocycles. The number of rotatable bonds is 1. The first-order valence-corrected chi connectivity index (χ1v) is 7.15. The standard InChI is InChI=1S/C16H20N2O/c19-16-17-15-10-6-5-7-13(15)11-12-18(16)14-8-3-1-2-4-9-14/h1-2,5-7,10,14H,3-4,8-9,11-12H2,(H,17,19). The van der Waals surface area contributed by atoms with Crippen LogP contribution in [0.2, 0.25) is 0 Å². The quantitative estimate of drug-likeness (QED) is 0.765. The molecule has 1 aliphatic carbocycles. The molecule has 0 spiro atoms. The van der Waals surface area contributed by atoms with Crippen LogP contribution >= 0.6 is 0 Å². The van der Waals surface area contributed by atoms with E-state index in [1.165, 1.54) is 5.56 Å². The van der Waals surface area contributed by atoms with E-state index in [1.807, 2.05) is 23.1 Å². The molecule has 0 fully saturated rings. The highest BCUT2D eigenvalue weighted by molar-refractivity contribution is 5.91. The fourth-order valence-corrected chi connectivity index (χ4v) is 3.01. The normalized spacial score (nSPS) is 20.4. The van der Waals surface area contributed by atoms with Gasteiger partial charge in [0.05, 0.1) is 0 Å². The summed E-state index contributed by atoms with van der Waals surface area (Å²) >= 11 is 0. The molecule has 2 amide bonds. The minimum atomic E-state index is 0.0665. The van der Waals surface area contributed by atoms with Crippen LogP contribution in [0.4, 0.5) is 10.5 Å². The fraction of sp³-hybridized carbons (Fsp3) is 0.438. The van der Waals surface area contributed by atoms with Gasteiger partial charge >= 0.3 is 6.03 Å². The molecule has 3 nitrogen and oxygen atoms in total. The second-order valence-corrected chi connectivity index (χ2v) is 5.31. The Labute approximate surface area is 114 Å². The lowest BCUT2D eigenvalue weighted by Gasteiger charge is -2.29. The molecular weight excluding hydrogens is 236 g/mol. The second-order valence-electron chi connectivity index (χ2n) is 5.31. The highest BCUT2D eigenvalue weighted by atomic mass is 16.2. The summed E-state index contributed by atoms with van der Waals surface area (Å²) in [5.74, 6) is 0. The van der Waals surface area contributed by atoms with E-state index in [-0.39, 0.29) is 6.03 Å². The SMILES string of the molecule is O=C1Nc2ccccc2CCN1C1CCC=CCC1. The molecular formula is C16H20N2O. The summed E-state index contributed by atoms with van der Waals surface area (Å²) in [6.07, 6.45) is 9.76. The zero-order valence-corrected chi connectivity index (χ0v) is 11.1. The molecule has 3 heteroatoms. The predicted octanol–water partition coefficient (Wildman–Crippen LogP) is 3.58. The van der Waals surface area contributed by atoms with Crippen molar-refractivity contribution in [3.8, 4) is 0 Å². The molecule has 100 valence electrons. The smallest absolute Gasteiger partial charge is 0.321 e. The number of fused-ring (bicyclic) bond motifs is 1. The van der Waals surface area contributed by atoms with E-state index in [0.29, 0.717) is 6.04 Å². The van der Waals surface area contributed by atoms with Crippen LogP contribution in [-0.2, 0) is 6.42 Å². The Balaban J connectivity index is 1.76. The van der Waals surface area contributed by atoms with Crippen molar-refractivity contribution < 1.29 is 4.79 Å². The maximum Gasteiger partial charge on any atom is 0.322 e. The molecule has 0 unspecified atom stereocenters. The molecule has 2 aliphatic rings. The van der Waals surface area contributed by atoms with Gasteiger partial charge in [-0.25, -0.2) is 4.79 Å². The number of urea groups is 1. The Kier molecular flexibility index (Phi) is 3.53. The molecule has 0 saturated carbocycles. The Bertz CT molecular complexity index is 485. The van der Waals surface area contributed by atoms with Gasteiger partial charge in [-0.1, -0.05) is 30.4 Å². The van der Waals surface area contributed by atoms with Crippen molar-refractivity contribution in [2.75, 3.05) is 11.9 Å². The van der Waals surface area contributed by atoms with Crippen molar-refractivity contribution in [1.29, 1.82) is 0 Å². The monoisotopic (exact) mass is 256 g/mol. The molecule has 1 aromatic carbocycles. The molecule has 0 saturated heterocycles. The third kappa shape index (κ3) is 2.65. The number of carbonyl (C=O) groups excluding carboxylic acids is 1. The molecule has 1 aromatic rings. The summed E-state index contributed by atoms with van der Waals surface area (Å²) in [4.78, 5) is 14.4. The third-order valence-electron chi connectivity index (χ3n) is 4.08. The summed E-state index contributed by atoms with van der Waals surface area (Å²) in [5, 5.41) is 3.06. The predicted molar refractivity (Wildman–Crippen MR) is 77.3 cm³/mol. The van der Waals surface area contributed by atoms with Gasteiger partial charge in [0, 0.05) is 18.3 Å². The lowest BCUT2D eigenvalue weighted by Crippen LogP contribution is -2.42. The maximum atomic E-state index is 12.4. The van der Waals surface area contributed by atoms with Crippen molar-refractivity contribution in [3.05, 3.63) is 42.0 Å². The lowest BCUT2D eigenvalue weighted by atomic mass is 10.1. The van der Waals surface area contributed by atoms with Crippen molar-refractivity contribution in [2.45, 2.75) is 38.1 Å². The van der Waals surface area contributed by atoms with Crippen LogP contribution in [0.1, 0.15) is 31.2 Å². The molecule has 0 atom stereocenters. The van der Waals surface area contributed by atoms with Gasteiger partial charge in [0.25, 0.3) is 0 Å². The number of hydrogen-bond acceptors (Lipinski definition) is 1. The van der Waals surface area contributed by atoms with Crippen molar-refractivity contribution >= 4 is 11.7 Å². The Morgan fingerprint density at radius 1 is 1.11 bits per heavy atom. The third-order valence-corrected chi connectivity index (χ3v) is 4.08. The van der Waals surface area contributed by atoms with Crippen LogP contribution in [0.5, 0.6) is 0 Å². The molecule has 0 radical (unpaired) electrons. The minimum absolute atomic E-state index is 0.0665. The van der Waals surface area contributed by atoms with E-state index in [4.69, 9.17) is 0 Å². The number of carbonyl (C=O) groups is 1. The summed E-state index contributed by atoms with van der Waals surface area (Å²) in [7, 11) is 0. The Morgan fingerprint density at radius 3 is 2.63 bits per heavy atom. The number of anilines is 1. The fourth-order valence-electron chi connectivity index (χ4n) is 3.01. The molecule has 0 bridgehead atoms. The minimum Gasteiger partial charge on any atom is -0.321 e. The molecule has 1 heterocycles. The summed E-state index contributed by atoms with van der Waals surface area (Å²) < 4.78 is 0. The average Bonchev–Trinajstić information content (AvgIpc) is 2.77. The number of hydrogen-bond donors (Lipinski definition) is 1. The number of para-hydroxylation sites is 1. The summed E-state index contributed by atoms with van der Waals surface area (Å²) in [6.45, 7) is 0.827. The van der Waals surface area contributed by atoms with E-state index in [2.05, 4.69) is 23.5 Å². The largest absolute Gasteiger partial charge is 0.322 e. The molecule has 19 heavy (non-hydrogen) atoms. The average molecular weight is 256 g/mol. The van der Waals surface area contributed by atoms with E-state index in [0.717, 1.165) is 44.3 Å². The van der Waals surface area contributed by atoms with Crippen molar-refractivity contribution in [3.63, 3.8) is 0 Å². The van der Waals surface area contributed by atoms with Crippen molar-refractivity contribution in [2.24, 2.45) is 0 Å². The van der Waals surface area contributed by atoms with Crippen LogP contribution in [-0.4, -0.2) is 23.5 Å². The zero-order chi connectivity index (χ0) is 13.1. The number of amides is 2. The van der Waals surface area contributed by atoms with E-state index in [9.17, 15) is 4.79 Å². The number of benzene rings is 1. The van der Waals surface area contributed by atoms with Gasteiger partial charge in [-0.15, -0.1) is 0 Å². The molecule has 1 aliphatic heterocycles. The van der Waals surface area contributed by atoms with Gasteiger partial charge in [0.1, 0.15) is 0 Å². The van der Waals surface area contributed by atoms with Gasteiger partial charge in [0.15, 0.2) is 0 Å². The zero-order valence-electron chi connectivity index (χ0n) is 11.1. The molecule has 1 N–H and O–H groups in total. The van der Waals surface area contributed by atoms with Gasteiger partial charge in [-0.3, -0.25) is 0 Å². The van der Waals surface area contributed by atoms with E-state index in [1.54, 1.807) is 0 Å². The Hall–Kier alpha value is -1.77. The first-order chi connectivity index (χ1) is 9.34. The lowest BCUT2D eigenvalue weighted by molar-refractivity contribution is 0.183. The highest BCUT2D eigenvalue weighted by Gasteiger charge is 2.26. The number of allylic oxidation sites excluding steroid dienone is 2. The van der Waals surface area contributed by atoms with Crippen LogP contribution in [0.15, 0.2) is 36.4 Å². The molecule has 3 rings (SSSR count). The van der Waals surface area contributed by atoms with E-state index < -0.39 is 0 Å². The summed E-state index contributed by atoms with van der Waals surface area (Å²) in [5.41, 5.74) is 2.21. The van der Waals surface area contributed by atoms with Crippen LogP contribution in [0.3, 0.4) is 0 Å². The highest BCUT2D eigenvalue weighted by Crippen LogP contribution is 2.24.